The molecule has 0 bridgehead atoms. The monoisotopic (exact) mass is 600 g/mol. The Morgan fingerprint density at radius 1 is 0.561 bits per heavy atom. The number of hydrogen-bond donors (Lipinski definition) is 0. The number of halogens is 6. The first kappa shape index (κ1) is 28.4. The summed E-state index contributed by atoms with van der Waals surface area (Å²) in [6.07, 6.45) is 0. The molecular weight excluding hydrogens is 582 g/mol. The lowest BCUT2D eigenvalue weighted by molar-refractivity contribution is -0.254. The Kier molecular flexibility index (Phi) is 7.41. The minimum Gasteiger partial charge on any atom is -0.487 e. The van der Waals surface area contributed by atoms with Crippen LogP contribution in [0.2, 0.25) is 0 Å². The number of benzene rings is 2. The molecule has 0 amide bonds. The summed E-state index contributed by atoms with van der Waals surface area (Å²) in [5, 5.41) is -0.525. The molecule has 0 N–H and O–H groups in total. The van der Waals surface area contributed by atoms with Gasteiger partial charge in [-0.2, -0.15) is 26.3 Å². The van der Waals surface area contributed by atoms with Crippen LogP contribution >= 0.6 is 22.7 Å². The molecule has 2 nitrogen and oxygen atoms in total. The van der Waals surface area contributed by atoms with Gasteiger partial charge < -0.3 is 9.47 Å². The van der Waals surface area contributed by atoms with Gasteiger partial charge in [0.1, 0.15) is 0 Å². The number of ether oxygens (including phenoxy) is 2. The minimum absolute atomic E-state index is 0.161. The van der Waals surface area contributed by atoms with E-state index in [1.807, 2.05) is 0 Å². The van der Waals surface area contributed by atoms with Crippen molar-refractivity contribution in [2.24, 2.45) is 0 Å². The number of methoxy groups -OCH3 is 2. The van der Waals surface area contributed by atoms with E-state index in [2.05, 4.69) is 23.7 Å². The van der Waals surface area contributed by atoms with Crippen molar-refractivity contribution in [3.05, 3.63) is 105 Å². The van der Waals surface area contributed by atoms with Gasteiger partial charge in [-0.3, -0.25) is 0 Å². The summed E-state index contributed by atoms with van der Waals surface area (Å²) in [4.78, 5) is 0.321. The molecule has 0 fully saturated rings. The van der Waals surface area contributed by atoms with Crippen LogP contribution in [-0.4, -0.2) is 32.0 Å². The maximum absolute atomic E-state index is 15.5. The largest absolute Gasteiger partial charge is 0.487 e. The second kappa shape index (κ2) is 10.7. The van der Waals surface area contributed by atoms with Gasteiger partial charge in [-0.25, -0.2) is 0 Å². The Labute approximate surface area is 239 Å². The smallest absolute Gasteiger partial charge is 0.380 e. The van der Waals surface area contributed by atoms with E-state index in [1.54, 1.807) is 60.7 Å². The van der Waals surface area contributed by atoms with Crippen LogP contribution in [0.4, 0.5) is 26.3 Å². The molecule has 0 radical (unpaired) electrons. The van der Waals surface area contributed by atoms with E-state index in [0.717, 1.165) is 49.0 Å². The summed E-state index contributed by atoms with van der Waals surface area (Å²) >= 11 is 1.56. The van der Waals surface area contributed by atoms with E-state index in [9.17, 15) is 8.78 Å². The topological polar surface area (TPSA) is 18.5 Å². The highest BCUT2D eigenvalue weighted by Crippen LogP contribution is 2.67. The molecule has 2 heterocycles. The zero-order valence-electron chi connectivity index (χ0n) is 21.3. The molecule has 0 aliphatic heterocycles. The molecule has 2 aromatic heterocycles. The van der Waals surface area contributed by atoms with Crippen molar-refractivity contribution in [2.75, 3.05) is 14.2 Å². The Morgan fingerprint density at radius 2 is 0.927 bits per heavy atom. The van der Waals surface area contributed by atoms with Crippen LogP contribution in [0.1, 0.15) is 32.0 Å². The second-order valence-electron chi connectivity index (χ2n) is 8.74. The van der Waals surface area contributed by atoms with Crippen molar-refractivity contribution >= 4 is 33.8 Å². The van der Waals surface area contributed by atoms with E-state index in [1.165, 1.54) is 0 Å². The fourth-order valence-electron chi connectivity index (χ4n) is 4.27. The molecule has 2 aromatic carbocycles. The standard InChI is InChI=1S/C31H18F6O2S2/c1-38-27-23(17-21(40-27)15-13-19-9-5-3-6-10-19)25-26(30(34,35)31(36,37)29(25,32)33)24-18-22(41-28(24)39-2)16-14-20-11-7-4-8-12-20/h3-12,17-18H,1-2H3. The van der Waals surface area contributed by atoms with Crippen LogP contribution in [0, 0.1) is 23.7 Å². The van der Waals surface area contributed by atoms with E-state index < -0.39 is 40.0 Å². The lowest BCUT2D eigenvalue weighted by Crippen LogP contribution is -2.48. The third-order valence-corrected chi connectivity index (χ3v) is 8.20. The van der Waals surface area contributed by atoms with Crippen molar-refractivity contribution in [3.8, 4) is 33.8 Å². The van der Waals surface area contributed by atoms with Gasteiger partial charge in [0, 0.05) is 33.4 Å². The minimum atomic E-state index is -5.74. The number of allylic oxidation sites excluding steroid dienone is 2. The summed E-state index contributed by atoms with van der Waals surface area (Å²) in [6, 6.07) is 19.5. The molecule has 208 valence electrons. The Balaban J connectivity index is 1.72. The van der Waals surface area contributed by atoms with Crippen LogP contribution in [0.15, 0.2) is 72.8 Å². The molecule has 5 rings (SSSR count). The van der Waals surface area contributed by atoms with Crippen LogP contribution in [0.5, 0.6) is 10.1 Å². The van der Waals surface area contributed by atoms with Gasteiger partial charge in [0.2, 0.25) is 0 Å². The predicted octanol–water partition coefficient (Wildman–Crippen LogP) is 8.46. The normalized spacial score (nSPS) is 16.4. The van der Waals surface area contributed by atoms with Crippen molar-refractivity contribution in [2.45, 2.75) is 17.8 Å². The molecule has 0 saturated carbocycles. The molecule has 0 unspecified atom stereocenters. The highest BCUT2D eigenvalue weighted by molar-refractivity contribution is 7.15. The molecule has 0 spiro atoms. The summed E-state index contributed by atoms with van der Waals surface area (Å²) in [6.45, 7) is 0. The van der Waals surface area contributed by atoms with Gasteiger partial charge in [-0.1, -0.05) is 82.8 Å². The second-order valence-corrected chi connectivity index (χ2v) is 10.8. The van der Waals surface area contributed by atoms with Gasteiger partial charge in [0.15, 0.2) is 10.1 Å². The van der Waals surface area contributed by atoms with Gasteiger partial charge in [-0.05, 0) is 36.4 Å². The summed E-state index contributed by atoms with van der Waals surface area (Å²) < 4.78 is 102. The van der Waals surface area contributed by atoms with Gasteiger partial charge in [0.05, 0.1) is 24.0 Å². The molecule has 4 aromatic rings. The van der Waals surface area contributed by atoms with E-state index >= 15 is 17.6 Å². The zero-order valence-corrected chi connectivity index (χ0v) is 23.0. The Morgan fingerprint density at radius 3 is 1.27 bits per heavy atom. The van der Waals surface area contributed by atoms with E-state index in [-0.39, 0.29) is 19.9 Å². The predicted molar refractivity (Wildman–Crippen MR) is 148 cm³/mol. The quantitative estimate of drug-likeness (QED) is 0.173. The number of thiophene rings is 2. The molecule has 0 saturated heterocycles. The molecule has 10 heteroatoms. The highest BCUT2D eigenvalue weighted by atomic mass is 32.1. The lowest BCUT2D eigenvalue weighted by atomic mass is 9.97. The first-order valence-electron chi connectivity index (χ1n) is 11.9. The van der Waals surface area contributed by atoms with Crippen LogP contribution < -0.4 is 9.47 Å². The summed E-state index contributed by atoms with van der Waals surface area (Å²) in [5.74, 6) is -5.05. The van der Waals surface area contributed by atoms with E-state index in [0.29, 0.717) is 11.1 Å². The number of rotatable bonds is 4. The third kappa shape index (κ3) is 4.88. The van der Waals surface area contributed by atoms with E-state index in [4.69, 9.17) is 9.47 Å². The maximum atomic E-state index is 15.5. The first-order chi connectivity index (χ1) is 19.5. The van der Waals surface area contributed by atoms with Crippen molar-refractivity contribution in [3.63, 3.8) is 0 Å². The fraction of sp³-hybridized carbons (Fsp3) is 0.161. The van der Waals surface area contributed by atoms with Crippen LogP contribution in [0.25, 0.3) is 11.1 Å². The van der Waals surface area contributed by atoms with Gasteiger partial charge in [-0.15, -0.1) is 0 Å². The van der Waals surface area contributed by atoms with Crippen molar-refractivity contribution in [1.29, 1.82) is 0 Å². The first-order valence-corrected chi connectivity index (χ1v) is 13.5. The van der Waals surface area contributed by atoms with Crippen molar-refractivity contribution < 1.29 is 35.8 Å². The zero-order chi connectivity index (χ0) is 29.4. The number of hydrogen-bond acceptors (Lipinski definition) is 4. The Hall–Kier alpha value is -4.12. The molecule has 1 aliphatic rings. The lowest BCUT2D eigenvalue weighted by Gasteiger charge is -2.25. The van der Waals surface area contributed by atoms with Gasteiger partial charge in [0.25, 0.3) is 0 Å². The third-order valence-electron chi connectivity index (χ3n) is 6.18. The average molecular weight is 601 g/mol. The summed E-state index contributed by atoms with van der Waals surface area (Å²) in [7, 11) is 2.27. The average Bonchev–Trinajstić information content (AvgIpc) is 3.59. The van der Waals surface area contributed by atoms with Crippen LogP contribution in [-0.2, 0) is 0 Å². The highest BCUT2D eigenvalue weighted by Gasteiger charge is 2.80. The SMILES string of the molecule is COc1sc(C#Cc2ccccc2)cc1C1=C(c2cc(C#Cc3ccccc3)sc2OC)C(F)(F)C(F)(F)C1(F)F. The molecular formula is C31H18F6O2S2. The summed E-state index contributed by atoms with van der Waals surface area (Å²) in [5.41, 5.74) is -3.08. The molecule has 0 atom stereocenters. The molecule has 41 heavy (non-hydrogen) atoms. The van der Waals surface area contributed by atoms with Crippen LogP contribution in [0.3, 0.4) is 0 Å². The van der Waals surface area contributed by atoms with Crippen molar-refractivity contribution in [1.82, 2.24) is 0 Å². The fourth-order valence-corrected chi connectivity index (χ4v) is 5.93. The van der Waals surface area contributed by atoms with Gasteiger partial charge >= 0.3 is 17.8 Å². The number of alkyl halides is 6. The Bertz CT molecular complexity index is 1620. The molecule has 1 aliphatic carbocycles. The maximum Gasteiger partial charge on any atom is 0.380 e.